The van der Waals surface area contributed by atoms with Gasteiger partial charge in [0.1, 0.15) is 0 Å². The van der Waals surface area contributed by atoms with Gasteiger partial charge >= 0.3 is 99.1 Å². The monoisotopic (exact) mass is 624 g/mol. The molecule has 4 rings (SSSR count). The van der Waals surface area contributed by atoms with Gasteiger partial charge in [0.2, 0.25) is 0 Å². The maximum Gasteiger partial charge on any atom is 0.0146 e. The summed E-state index contributed by atoms with van der Waals surface area (Å²) in [5.41, 5.74) is 13.2. The van der Waals surface area contributed by atoms with Crippen molar-refractivity contribution in [1.29, 1.82) is 0 Å². The molecule has 3 aromatic carbocycles. The van der Waals surface area contributed by atoms with E-state index in [1.165, 1.54) is 50.3 Å². The van der Waals surface area contributed by atoms with E-state index in [4.69, 9.17) is 19.4 Å². The van der Waals surface area contributed by atoms with Gasteiger partial charge in [-0.05, 0) is 63.8 Å². The Kier molecular flexibility index (Phi) is 10.7. The van der Waals surface area contributed by atoms with Gasteiger partial charge in [0.15, 0.2) is 0 Å². The van der Waals surface area contributed by atoms with Crippen molar-refractivity contribution in [2.45, 2.75) is 55.4 Å². The number of halogens is 2. The maximum atomic E-state index is 5.86. The molecule has 0 bridgehead atoms. The Hall–Kier alpha value is -1.80. The van der Waals surface area contributed by atoms with Crippen molar-refractivity contribution in [2.75, 3.05) is 22.9 Å². The van der Waals surface area contributed by atoms with Gasteiger partial charge in [0.05, 0.1) is 0 Å². The molecular weight excluding hydrogens is 584 g/mol. The molecule has 5 heteroatoms. The van der Waals surface area contributed by atoms with Crippen LogP contribution in [0, 0.1) is 60.5 Å². The molecule has 2 nitrogen and oxygen atoms in total. The first-order chi connectivity index (χ1) is 17.5. The van der Waals surface area contributed by atoms with Gasteiger partial charge in [-0.25, -0.2) is 0 Å². The zero-order chi connectivity index (χ0) is 27.3. The summed E-state index contributed by atoms with van der Waals surface area (Å²) in [5.74, 6) is 0.538. The Labute approximate surface area is 238 Å². The second-order valence-corrected chi connectivity index (χ2v) is 16.1. The quantitative estimate of drug-likeness (QED) is 0.207. The minimum Gasteiger partial charge on any atom is -0.502 e. The Bertz CT molecular complexity index is 1150. The molecule has 0 unspecified atom stereocenters. The standard InChI is InChI=1S/C21H27N2.C11H13.2ClH.Ru/c1-14-9-16(3)20(17(4)10-14)22-7-8-23(13-22)21-18(5)11-15(2)12-19(21)6;1-9(2)8-11-7-5-4-6-10(11)3;;;/h9-13H,7-8H2,1-6H3;3-9H,1-2H3;2*1H;/q2*-1;;;+2/p-2. The molecule has 202 valence electrons. The van der Waals surface area contributed by atoms with Gasteiger partial charge in [-0.2, -0.15) is 6.67 Å². The van der Waals surface area contributed by atoms with Crippen LogP contribution >= 0.6 is 19.4 Å². The van der Waals surface area contributed by atoms with Crippen LogP contribution in [0.4, 0.5) is 11.4 Å². The van der Waals surface area contributed by atoms with Crippen LogP contribution in [0.2, 0.25) is 0 Å². The van der Waals surface area contributed by atoms with Crippen LogP contribution in [-0.4, -0.2) is 17.7 Å². The summed E-state index contributed by atoms with van der Waals surface area (Å²) in [5, 5.41) is 0. The minimum atomic E-state index is -1.71. The molecule has 3 aromatic rings. The van der Waals surface area contributed by atoms with Crippen LogP contribution in [0.15, 0.2) is 48.5 Å². The molecule has 0 spiro atoms. The molecule has 37 heavy (non-hydrogen) atoms. The summed E-state index contributed by atoms with van der Waals surface area (Å²) >= 11 is -1.71. The second kappa shape index (κ2) is 13.3. The Morgan fingerprint density at radius 1 is 0.784 bits per heavy atom. The normalized spacial score (nSPS) is 13.4. The molecule has 1 heterocycles. The fourth-order valence-electron chi connectivity index (χ4n) is 5.29. The summed E-state index contributed by atoms with van der Waals surface area (Å²) in [4.78, 5) is 4.81. The van der Waals surface area contributed by atoms with Crippen molar-refractivity contribution in [3.63, 3.8) is 0 Å². The first kappa shape index (κ1) is 29.8. The average Bonchev–Trinajstić information content (AvgIpc) is 3.22. The first-order valence-electron chi connectivity index (χ1n) is 12.8. The number of rotatable bonds is 5. The fraction of sp³-hybridized carbons (Fsp3) is 0.344. The average molecular weight is 625 g/mol. The Morgan fingerprint density at radius 3 is 1.62 bits per heavy atom. The Morgan fingerprint density at radius 2 is 1.22 bits per heavy atom. The molecule has 0 atom stereocenters. The number of nitrogens with zero attached hydrogens (tertiary/aromatic N) is 2. The SMILES string of the molecule is CC(C)[CH-]c1ccccc1[CH]=[Ru]([Cl])[Cl].Cc1cc(C)c(N2[CH-]N(c3c(C)cc(C)cc3C)CC2)c(C)c1. The van der Waals surface area contributed by atoms with E-state index in [-0.39, 0.29) is 0 Å². The smallest absolute Gasteiger partial charge is 0.0146 e. The van der Waals surface area contributed by atoms with Gasteiger partial charge in [0, 0.05) is 24.5 Å². The largest absolute Gasteiger partial charge is 0.502 e. The molecule has 0 N–H and O–H groups in total. The van der Waals surface area contributed by atoms with E-state index in [2.05, 4.69) is 115 Å². The predicted molar refractivity (Wildman–Crippen MR) is 162 cm³/mol. The van der Waals surface area contributed by atoms with Crippen molar-refractivity contribution in [1.82, 2.24) is 0 Å². The van der Waals surface area contributed by atoms with Crippen LogP contribution in [0.25, 0.3) is 0 Å². The van der Waals surface area contributed by atoms with E-state index < -0.39 is 13.5 Å². The van der Waals surface area contributed by atoms with Gasteiger partial charge in [-0.1, -0.05) is 35.4 Å². The van der Waals surface area contributed by atoms with Crippen molar-refractivity contribution in [3.05, 3.63) is 106 Å². The number of hydrogen-bond donors (Lipinski definition) is 0. The molecule has 0 radical (unpaired) electrons. The molecule has 1 saturated heterocycles. The summed E-state index contributed by atoms with van der Waals surface area (Å²) in [6, 6.07) is 17.3. The predicted octanol–water partition coefficient (Wildman–Crippen LogP) is 8.95. The molecule has 0 aromatic heterocycles. The van der Waals surface area contributed by atoms with Gasteiger partial charge < -0.3 is 9.80 Å². The topological polar surface area (TPSA) is 6.48 Å². The van der Waals surface area contributed by atoms with Crippen LogP contribution < -0.4 is 9.80 Å². The summed E-state index contributed by atoms with van der Waals surface area (Å²) in [6.07, 6.45) is 2.22. The van der Waals surface area contributed by atoms with Crippen molar-refractivity contribution >= 4 is 35.4 Å². The number of benzene rings is 3. The third-order valence-electron chi connectivity index (χ3n) is 6.40. The van der Waals surface area contributed by atoms with Crippen LogP contribution in [0.1, 0.15) is 58.4 Å². The van der Waals surface area contributed by atoms with Crippen LogP contribution in [-0.2, 0) is 13.5 Å². The number of aryl methyl sites for hydroxylation is 6. The van der Waals surface area contributed by atoms with Gasteiger partial charge in [0.25, 0.3) is 0 Å². The first-order valence-corrected chi connectivity index (χ1v) is 18.2. The van der Waals surface area contributed by atoms with E-state index in [0.29, 0.717) is 5.92 Å². The van der Waals surface area contributed by atoms with E-state index in [0.717, 1.165) is 18.7 Å². The third-order valence-corrected chi connectivity index (χ3v) is 8.23. The fourth-order valence-corrected chi connectivity index (χ4v) is 7.14. The van der Waals surface area contributed by atoms with Crippen molar-refractivity contribution < 1.29 is 13.5 Å². The zero-order valence-corrected chi connectivity index (χ0v) is 26.6. The van der Waals surface area contributed by atoms with Crippen LogP contribution in [0.5, 0.6) is 0 Å². The second-order valence-electron chi connectivity index (χ2n) is 10.3. The van der Waals surface area contributed by atoms with Crippen molar-refractivity contribution in [3.8, 4) is 0 Å². The Balaban J connectivity index is 0.000000233. The molecule has 1 aliphatic rings. The summed E-state index contributed by atoms with van der Waals surface area (Å²) in [6.45, 7) is 21.9. The molecule has 0 aliphatic carbocycles. The molecule has 1 aliphatic heterocycles. The summed E-state index contributed by atoms with van der Waals surface area (Å²) in [7, 11) is 11.7. The van der Waals surface area contributed by atoms with E-state index in [1.54, 1.807) is 0 Å². The molecular formula is C32H40Cl2N2Ru-2. The van der Waals surface area contributed by atoms with Crippen molar-refractivity contribution in [2.24, 2.45) is 5.92 Å². The van der Waals surface area contributed by atoms with Crippen LogP contribution in [0.3, 0.4) is 0 Å². The number of anilines is 2. The zero-order valence-electron chi connectivity index (χ0n) is 23.3. The minimum absolute atomic E-state index is 0.538. The molecule has 0 saturated carbocycles. The third kappa shape index (κ3) is 8.09. The van der Waals surface area contributed by atoms with E-state index >= 15 is 0 Å². The van der Waals surface area contributed by atoms with Gasteiger partial charge in [-0.15, -0.1) is 0 Å². The van der Waals surface area contributed by atoms with E-state index in [9.17, 15) is 0 Å². The van der Waals surface area contributed by atoms with Gasteiger partial charge in [-0.3, -0.25) is 0 Å². The molecule has 0 amide bonds. The molecule has 1 fully saturated rings. The van der Waals surface area contributed by atoms with E-state index in [1.807, 2.05) is 16.7 Å². The number of hydrogen-bond acceptors (Lipinski definition) is 2. The summed E-state index contributed by atoms with van der Waals surface area (Å²) < 4.78 is 1.99. The maximum absolute atomic E-state index is 5.86.